The topological polar surface area (TPSA) is 23.5 Å². The van der Waals surface area contributed by atoms with Crippen molar-refractivity contribution in [3.8, 4) is 5.75 Å². The fourth-order valence-corrected chi connectivity index (χ4v) is 2.76. The zero-order chi connectivity index (χ0) is 13.2. The van der Waals surface area contributed by atoms with Gasteiger partial charge in [-0.1, -0.05) is 48.5 Å². The lowest BCUT2D eigenvalue weighted by atomic mass is 10.1. The van der Waals surface area contributed by atoms with Crippen LogP contribution in [0.2, 0.25) is 0 Å². The van der Waals surface area contributed by atoms with Crippen molar-refractivity contribution >= 4 is 0 Å². The highest BCUT2D eigenvalue weighted by molar-refractivity contribution is 5.32. The molecule has 0 spiro atoms. The Labute approximate surface area is 114 Å². The van der Waals surface area contributed by atoms with Crippen LogP contribution in [0, 0.1) is 0 Å². The number of rotatable bonds is 4. The molecule has 0 bridgehead atoms. The van der Waals surface area contributed by atoms with Crippen molar-refractivity contribution < 1.29 is 5.11 Å². The summed E-state index contributed by atoms with van der Waals surface area (Å²) < 4.78 is 0. The lowest BCUT2D eigenvalue weighted by Crippen LogP contribution is -2.21. The van der Waals surface area contributed by atoms with Crippen molar-refractivity contribution in [3.05, 3.63) is 65.7 Å². The molecule has 19 heavy (non-hydrogen) atoms. The molecule has 1 aliphatic rings. The van der Waals surface area contributed by atoms with Gasteiger partial charge in [0.25, 0.3) is 0 Å². The SMILES string of the molecule is CN(Cc1ccccc1O)C1CC1c1ccccc1. The van der Waals surface area contributed by atoms with Crippen molar-refractivity contribution in [3.63, 3.8) is 0 Å². The molecule has 98 valence electrons. The van der Waals surface area contributed by atoms with Gasteiger partial charge < -0.3 is 5.11 Å². The molecule has 0 aliphatic heterocycles. The summed E-state index contributed by atoms with van der Waals surface area (Å²) in [7, 11) is 2.14. The van der Waals surface area contributed by atoms with Crippen LogP contribution < -0.4 is 0 Å². The van der Waals surface area contributed by atoms with Crippen molar-refractivity contribution in [1.82, 2.24) is 4.90 Å². The zero-order valence-corrected chi connectivity index (χ0v) is 11.2. The Kier molecular flexibility index (Phi) is 3.26. The number of phenolic OH excluding ortho intramolecular Hbond substituents is 1. The summed E-state index contributed by atoms with van der Waals surface area (Å²) in [5.41, 5.74) is 2.43. The van der Waals surface area contributed by atoms with Gasteiger partial charge in [0, 0.05) is 24.1 Å². The minimum Gasteiger partial charge on any atom is -0.508 e. The van der Waals surface area contributed by atoms with E-state index in [4.69, 9.17) is 0 Å². The minimum absolute atomic E-state index is 0.395. The molecule has 2 aromatic carbocycles. The van der Waals surface area contributed by atoms with Crippen LogP contribution in [0.15, 0.2) is 54.6 Å². The first-order chi connectivity index (χ1) is 9.25. The molecule has 1 aliphatic carbocycles. The normalized spacial score (nSPS) is 21.6. The fourth-order valence-electron chi connectivity index (χ4n) is 2.76. The molecule has 1 fully saturated rings. The molecule has 0 heterocycles. The minimum atomic E-state index is 0.395. The predicted molar refractivity (Wildman–Crippen MR) is 77.2 cm³/mol. The van der Waals surface area contributed by atoms with Crippen LogP contribution in [-0.4, -0.2) is 23.1 Å². The summed E-state index contributed by atoms with van der Waals surface area (Å²) in [6, 6.07) is 18.9. The summed E-state index contributed by atoms with van der Waals surface area (Å²) in [4.78, 5) is 2.34. The Bertz CT molecular complexity index is 552. The van der Waals surface area contributed by atoms with Gasteiger partial charge >= 0.3 is 0 Å². The van der Waals surface area contributed by atoms with E-state index < -0.39 is 0 Å². The van der Waals surface area contributed by atoms with E-state index in [9.17, 15) is 5.11 Å². The molecule has 0 amide bonds. The third kappa shape index (κ3) is 2.64. The first kappa shape index (κ1) is 12.2. The summed E-state index contributed by atoms with van der Waals surface area (Å²) in [6.07, 6.45) is 1.22. The number of hydrogen-bond donors (Lipinski definition) is 1. The van der Waals surface area contributed by atoms with E-state index in [0.717, 1.165) is 12.1 Å². The smallest absolute Gasteiger partial charge is 0.120 e. The van der Waals surface area contributed by atoms with E-state index in [1.54, 1.807) is 6.07 Å². The highest BCUT2D eigenvalue weighted by Gasteiger charge is 2.41. The predicted octanol–water partition coefficient (Wildman–Crippen LogP) is 3.38. The second kappa shape index (κ2) is 5.06. The van der Waals surface area contributed by atoms with E-state index >= 15 is 0 Å². The molecule has 0 aromatic heterocycles. The second-order valence-corrected chi connectivity index (χ2v) is 5.36. The van der Waals surface area contributed by atoms with Gasteiger partial charge in [-0.3, -0.25) is 4.90 Å². The van der Waals surface area contributed by atoms with Crippen molar-refractivity contribution in [1.29, 1.82) is 0 Å². The standard InChI is InChI=1S/C17H19NO/c1-18(12-14-9-5-6-10-17(14)19)16-11-15(16)13-7-3-2-4-8-13/h2-10,15-16,19H,11-12H2,1H3. The summed E-state index contributed by atoms with van der Waals surface area (Å²) in [6.45, 7) is 0.806. The molecule has 0 saturated heterocycles. The van der Waals surface area contributed by atoms with Crippen LogP contribution in [0.1, 0.15) is 23.5 Å². The fraction of sp³-hybridized carbons (Fsp3) is 0.294. The van der Waals surface area contributed by atoms with Crippen LogP contribution in [0.3, 0.4) is 0 Å². The molecular weight excluding hydrogens is 234 g/mol. The lowest BCUT2D eigenvalue weighted by molar-refractivity contribution is 0.305. The maximum atomic E-state index is 9.82. The average Bonchev–Trinajstić information content (AvgIpc) is 3.23. The van der Waals surface area contributed by atoms with Gasteiger partial charge in [-0.05, 0) is 25.1 Å². The first-order valence-electron chi connectivity index (χ1n) is 6.78. The number of aromatic hydroxyl groups is 1. The Hall–Kier alpha value is -1.80. The van der Waals surface area contributed by atoms with Gasteiger partial charge in [-0.25, -0.2) is 0 Å². The molecule has 2 atom stereocenters. The number of nitrogens with zero attached hydrogens (tertiary/aromatic N) is 1. The average molecular weight is 253 g/mol. The molecule has 1 saturated carbocycles. The molecule has 2 heteroatoms. The van der Waals surface area contributed by atoms with Gasteiger partial charge in [0.05, 0.1) is 0 Å². The zero-order valence-electron chi connectivity index (χ0n) is 11.2. The number of likely N-dealkylation sites (N-methyl/N-ethyl adjacent to an activating group) is 1. The molecule has 2 aromatic rings. The molecule has 2 unspecified atom stereocenters. The van der Waals surface area contributed by atoms with Gasteiger partial charge in [0.15, 0.2) is 0 Å². The Morgan fingerprint density at radius 2 is 1.74 bits per heavy atom. The largest absolute Gasteiger partial charge is 0.508 e. The second-order valence-electron chi connectivity index (χ2n) is 5.36. The Morgan fingerprint density at radius 1 is 1.05 bits per heavy atom. The molecule has 3 rings (SSSR count). The quantitative estimate of drug-likeness (QED) is 0.903. The number of hydrogen-bond acceptors (Lipinski definition) is 2. The van der Waals surface area contributed by atoms with Crippen LogP contribution in [0.25, 0.3) is 0 Å². The molecule has 2 nitrogen and oxygen atoms in total. The highest BCUT2D eigenvalue weighted by Crippen LogP contribution is 2.44. The summed E-state index contributed by atoms with van der Waals surface area (Å²) in [5.74, 6) is 1.04. The van der Waals surface area contributed by atoms with Gasteiger partial charge in [0.2, 0.25) is 0 Å². The molecule has 1 N–H and O–H groups in total. The van der Waals surface area contributed by atoms with Crippen LogP contribution >= 0.6 is 0 Å². The van der Waals surface area contributed by atoms with Crippen LogP contribution in [0.4, 0.5) is 0 Å². The highest BCUT2D eigenvalue weighted by atomic mass is 16.3. The van der Waals surface area contributed by atoms with E-state index in [0.29, 0.717) is 17.7 Å². The third-order valence-corrected chi connectivity index (χ3v) is 3.96. The van der Waals surface area contributed by atoms with Crippen LogP contribution in [0.5, 0.6) is 5.75 Å². The lowest BCUT2D eigenvalue weighted by Gasteiger charge is -2.17. The van der Waals surface area contributed by atoms with Gasteiger partial charge in [-0.15, -0.1) is 0 Å². The number of phenols is 1. The monoisotopic (exact) mass is 253 g/mol. The number of para-hydroxylation sites is 1. The van der Waals surface area contributed by atoms with Crippen LogP contribution in [-0.2, 0) is 6.54 Å². The van der Waals surface area contributed by atoms with E-state index in [1.165, 1.54) is 12.0 Å². The molecular formula is C17H19NO. The van der Waals surface area contributed by atoms with E-state index in [-0.39, 0.29) is 0 Å². The summed E-state index contributed by atoms with van der Waals surface area (Å²) >= 11 is 0. The van der Waals surface area contributed by atoms with Gasteiger partial charge in [-0.2, -0.15) is 0 Å². The Balaban J connectivity index is 1.64. The Morgan fingerprint density at radius 3 is 2.47 bits per heavy atom. The van der Waals surface area contributed by atoms with Crippen molar-refractivity contribution in [2.75, 3.05) is 7.05 Å². The van der Waals surface area contributed by atoms with Gasteiger partial charge in [0.1, 0.15) is 5.75 Å². The first-order valence-corrected chi connectivity index (χ1v) is 6.78. The van der Waals surface area contributed by atoms with Crippen molar-refractivity contribution in [2.24, 2.45) is 0 Å². The maximum Gasteiger partial charge on any atom is 0.120 e. The van der Waals surface area contributed by atoms with Crippen molar-refractivity contribution in [2.45, 2.75) is 24.9 Å². The molecule has 0 radical (unpaired) electrons. The summed E-state index contributed by atoms with van der Waals surface area (Å²) in [5, 5.41) is 9.82. The van der Waals surface area contributed by atoms with E-state index in [1.807, 2.05) is 18.2 Å². The maximum absolute atomic E-state index is 9.82. The number of benzene rings is 2. The van der Waals surface area contributed by atoms with E-state index in [2.05, 4.69) is 42.3 Å². The third-order valence-electron chi connectivity index (χ3n) is 3.96.